The molecule has 3 heteroatoms. The fourth-order valence-corrected chi connectivity index (χ4v) is 2.56. The molecule has 2 nitrogen and oxygen atoms in total. The number of rotatable bonds is 4. The fraction of sp³-hybridized carbons (Fsp3) is 0.250. The van der Waals surface area contributed by atoms with Crippen molar-refractivity contribution in [3.8, 4) is 5.75 Å². The van der Waals surface area contributed by atoms with E-state index < -0.39 is 0 Å². The highest BCUT2D eigenvalue weighted by Crippen LogP contribution is 2.30. The van der Waals surface area contributed by atoms with Gasteiger partial charge in [-0.1, -0.05) is 35.9 Å². The van der Waals surface area contributed by atoms with Gasteiger partial charge in [-0.2, -0.15) is 0 Å². The van der Waals surface area contributed by atoms with Gasteiger partial charge in [0.15, 0.2) is 0 Å². The van der Waals surface area contributed by atoms with E-state index in [0.29, 0.717) is 6.54 Å². The Morgan fingerprint density at radius 1 is 1.11 bits per heavy atom. The largest absolute Gasteiger partial charge is 0.483 e. The molecular weight excluding hydrogens is 302 g/mol. The Balaban J connectivity index is 2.24. The van der Waals surface area contributed by atoms with Gasteiger partial charge in [-0.05, 0) is 53.0 Å². The smallest absolute Gasteiger partial charge is 0.136 e. The molecule has 0 aliphatic heterocycles. The standard InChI is InChI=1S/C16H18BrNO/c1-11-4-3-5-13(8-11)16(10-18)19-15-7-6-12(2)9-14(15)17/h3-9,16H,10,18H2,1-2H3. The maximum atomic E-state index is 6.02. The van der Waals surface area contributed by atoms with Gasteiger partial charge in [-0.3, -0.25) is 0 Å². The van der Waals surface area contributed by atoms with Crippen LogP contribution in [0.2, 0.25) is 0 Å². The van der Waals surface area contributed by atoms with E-state index in [1.807, 2.05) is 30.3 Å². The third-order valence-corrected chi connectivity index (χ3v) is 3.60. The first-order valence-corrected chi connectivity index (χ1v) is 7.09. The van der Waals surface area contributed by atoms with Crippen LogP contribution in [0.5, 0.6) is 5.75 Å². The molecule has 0 spiro atoms. The summed E-state index contributed by atoms with van der Waals surface area (Å²) in [6, 6.07) is 14.3. The molecule has 0 heterocycles. The Bertz CT molecular complexity index is 568. The number of hydrogen-bond donors (Lipinski definition) is 1. The van der Waals surface area contributed by atoms with E-state index >= 15 is 0 Å². The lowest BCUT2D eigenvalue weighted by atomic mass is 10.1. The van der Waals surface area contributed by atoms with Crippen LogP contribution < -0.4 is 10.5 Å². The lowest BCUT2D eigenvalue weighted by Gasteiger charge is -2.19. The minimum atomic E-state index is -0.126. The molecule has 2 N–H and O–H groups in total. The normalized spacial score (nSPS) is 12.2. The SMILES string of the molecule is Cc1cccc(C(CN)Oc2ccc(C)cc2Br)c1. The molecule has 0 radical (unpaired) electrons. The molecule has 2 aromatic carbocycles. The summed E-state index contributed by atoms with van der Waals surface area (Å²) >= 11 is 3.53. The molecule has 0 bridgehead atoms. The van der Waals surface area contributed by atoms with Crippen molar-refractivity contribution in [2.24, 2.45) is 5.73 Å². The van der Waals surface area contributed by atoms with Crippen LogP contribution >= 0.6 is 15.9 Å². The Kier molecular flexibility index (Phi) is 4.61. The minimum Gasteiger partial charge on any atom is -0.483 e. The highest BCUT2D eigenvalue weighted by Gasteiger charge is 2.13. The maximum Gasteiger partial charge on any atom is 0.136 e. The molecule has 2 aromatic rings. The maximum absolute atomic E-state index is 6.02. The number of halogens is 1. The van der Waals surface area contributed by atoms with Crippen LogP contribution in [0.4, 0.5) is 0 Å². The second-order valence-electron chi connectivity index (χ2n) is 4.69. The van der Waals surface area contributed by atoms with E-state index in [4.69, 9.17) is 10.5 Å². The number of benzene rings is 2. The van der Waals surface area contributed by atoms with Gasteiger partial charge in [0, 0.05) is 6.54 Å². The summed E-state index contributed by atoms with van der Waals surface area (Å²) in [5, 5.41) is 0. The van der Waals surface area contributed by atoms with Crippen molar-refractivity contribution < 1.29 is 4.74 Å². The van der Waals surface area contributed by atoms with Crippen molar-refractivity contribution in [1.29, 1.82) is 0 Å². The zero-order valence-corrected chi connectivity index (χ0v) is 12.8. The summed E-state index contributed by atoms with van der Waals surface area (Å²) in [4.78, 5) is 0. The van der Waals surface area contributed by atoms with Crippen LogP contribution in [0.1, 0.15) is 22.8 Å². The quantitative estimate of drug-likeness (QED) is 0.919. The van der Waals surface area contributed by atoms with Gasteiger partial charge in [0.1, 0.15) is 11.9 Å². The van der Waals surface area contributed by atoms with E-state index in [9.17, 15) is 0 Å². The van der Waals surface area contributed by atoms with Gasteiger partial charge < -0.3 is 10.5 Å². The first kappa shape index (κ1) is 14.1. The van der Waals surface area contributed by atoms with Gasteiger partial charge in [0.25, 0.3) is 0 Å². The molecule has 100 valence electrons. The lowest BCUT2D eigenvalue weighted by molar-refractivity contribution is 0.212. The van der Waals surface area contributed by atoms with Crippen LogP contribution in [0.25, 0.3) is 0 Å². The highest BCUT2D eigenvalue weighted by molar-refractivity contribution is 9.10. The number of nitrogens with two attached hydrogens (primary N) is 1. The Morgan fingerprint density at radius 3 is 2.47 bits per heavy atom. The third kappa shape index (κ3) is 3.58. The minimum absolute atomic E-state index is 0.126. The zero-order chi connectivity index (χ0) is 13.8. The second kappa shape index (κ2) is 6.22. The number of ether oxygens (including phenoxy) is 1. The van der Waals surface area contributed by atoms with E-state index in [-0.39, 0.29) is 6.10 Å². The van der Waals surface area contributed by atoms with E-state index in [1.54, 1.807) is 0 Å². The first-order chi connectivity index (χ1) is 9.10. The van der Waals surface area contributed by atoms with E-state index in [0.717, 1.165) is 15.8 Å². The van der Waals surface area contributed by atoms with Gasteiger partial charge in [0.05, 0.1) is 4.47 Å². The van der Waals surface area contributed by atoms with E-state index in [2.05, 4.69) is 41.9 Å². The monoisotopic (exact) mass is 319 g/mol. The molecule has 19 heavy (non-hydrogen) atoms. The van der Waals surface area contributed by atoms with Crippen LogP contribution in [0, 0.1) is 13.8 Å². The fourth-order valence-electron chi connectivity index (χ4n) is 1.98. The van der Waals surface area contributed by atoms with Crippen molar-refractivity contribution in [2.45, 2.75) is 20.0 Å². The summed E-state index contributed by atoms with van der Waals surface area (Å²) in [6.07, 6.45) is -0.126. The summed E-state index contributed by atoms with van der Waals surface area (Å²) in [6.45, 7) is 4.57. The van der Waals surface area contributed by atoms with Crippen LogP contribution in [-0.4, -0.2) is 6.54 Å². The molecule has 0 saturated heterocycles. The molecule has 0 saturated carbocycles. The average molecular weight is 320 g/mol. The molecule has 0 aliphatic carbocycles. The van der Waals surface area contributed by atoms with Crippen molar-refractivity contribution in [2.75, 3.05) is 6.54 Å². The predicted molar refractivity (Wildman–Crippen MR) is 82.5 cm³/mol. The van der Waals surface area contributed by atoms with Gasteiger partial charge in [-0.25, -0.2) is 0 Å². The van der Waals surface area contributed by atoms with Gasteiger partial charge >= 0.3 is 0 Å². The van der Waals surface area contributed by atoms with Gasteiger partial charge in [-0.15, -0.1) is 0 Å². The summed E-state index contributed by atoms with van der Waals surface area (Å²) in [5.74, 6) is 0.822. The molecule has 1 unspecified atom stereocenters. The van der Waals surface area contributed by atoms with Crippen molar-refractivity contribution >= 4 is 15.9 Å². The molecule has 1 atom stereocenters. The molecule has 0 fully saturated rings. The van der Waals surface area contributed by atoms with Crippen molar-refractivity contribution in [1.82, 2.24) is 0 Å². The average Bonchev–Trinajstić information content (AvgIpc) is 2.38. The molecule has 0 amide bonds. The summed E-state index contributed by atoms with van der Waals surface area (Å²) in [7, 11) is 0. The Morgan fingerprint density at radius 2 is 1.84 bits per heavy atom. The topological polar surface area (TPSA) is 35.2 Å². The summed E-state index contributed by atoms with van der Waals surface area (Å²) in [5.41, 5.74) is 9.35. The molecule has 0 aliphatic rings. The van der Waals surface area contributed by atoms with Crippen LogP contribution in [0.3, 0.4) is 0 Å². The van der Waals surface area contributed by atoms with Crippen molar-refractivity contribution in [3.63, 3.8) is 0 Å². The molecular formula is C16H18BrNO. The lowest BCUT2D eigenvalue weighted by Crippen LogP contribution is -2.18. The third-order valence-electron chi connectivity index (χ3n) is 2.98. The molecule has 2 rings (SSSR count). The molecule has 0 aromatic heterocycles. The van der Waals surface area contributed by atoms with E-state index in [1.165, 1.54) is 11.1 Å². The Labute approximate surface area is 122 Å². The second-order valence-corrected chi connectivity index (χ2v) is 5.54. The predicted octanol–water partition coefficient (Wildman–Crippen LogP) is 4.14. The Hall–Kier alpha value is -1.32. The number of aryl methyl sites for hydroxylation is 2. The van der Waals surface area contributed by atoms with Gasteiger partial charge in [0.2, 0.25) is 0 Å². The van der Waals surface area contributed by atoms with Crippen LogP contribution in [-0.2, 0) is 0 Å². The zero-order valence-electron chi connectivity index (χ0n) is 11.2. The van der Waals surface area contributed by atoms with Crippen LogP contribution in [0.15, 0.2) is 46.9 Å². The summed E-state index contributed by atoms with van der Waals surface area (Å²) < 4.78 is 6.98. The first-order valence-electron chi connectivity index (χ1n) is 6.29. The number of hydrogen-bond acceptors (Lipinski definition) is 2. The highest BCUT2D eigenvalue weighted by atomic mass is 79.9. The van der Waals surface area contributed by atoms with Crippen molar-refractivity contribution in [3.05, 3.63) is 63.6 Å².